The predicted molar refractivity (Wildman–Crippen MR) is 60.3 cm³/mol. The number of nitrogens with two attached hydrogens (primary N) is 2. The number of amides is 1. The van der Waals surface area contributed by atoms with Crippen molar-refractivity contribution in [3.63, 3.8) is 0 Å². The summed E-state index contributed by atoms with van der Waals surface area (Å²) >= 11 is 0. The first kappa shape index (κ1) is 12.4. The van der Waals surface area contributed by atoms with Crippen LogP contribution in [0.4, 0.5) is 5.82 Å². The van der Waals surface area contributed by atoms with Crippen LogP contribution in [-0.2, 0) is 11.3 Å². The maximum absolute atomic E-state index is 11.3. The fraction of sp³-hybridized carbons (Fsp3) is 0.400. The molecular formula is C10H16N4O2. The first-order valence-electron chi connectivity index (χ1n) is 4.90. The van der Waals surface area contributed by atoms with Crippen LogP contribution < -0.4 is 16.8 Å². The topological polar surface area (TPSA) is 114 Å². The Bertz CT molecular complexity index is 381. The zero-order valence-corrected chi connectivity index (χ0v) is 9.10. The lowest BCUT2D eigenvalue weighted by Gasteiger charge is -2.10. The Balaban J connectivity index is 2.58. The summed E-state index contributed by atoms with van der Waals surface area (Å²) in [4.78, 5) is 15.3. The Morgan fingerprint density at radius 2 is 2.31 bits per heavy atom. The van der Waals surface area contributed by atoms with Gasteiger partial charge in [-0.25, -0.2) is 4.98 Å². The van der Waals surface area contributed by atoms with Crippen LogP contribution in [0.15, 0.2) is 12.1 Å². The molecule has 1 atom stereocenters. The Kier molecular flexibility index (Phi) is 4.21. The average Bonchev–Trinajstić information content (AvgIpc) is 2.26. The number of nitrogens with zero attached hydrogens (tertiary/aromatic N) is 1. The van der Waals surface area contributed by atoms with Crippen molar-refractivity contribution < 1.29 is 9.90 Å². The third-order valence-electron chi connectivity index (χ3n) is 2.20. The van der Waals surface area contributed by atoms with Gasteiger partial charge in [-0.05, 0) is 18.6 Å². The van der Waals surface area contributed by atoms with E-state index in [-0.39, 0.29) is 6.61 Å². The van der Waals surface area contributed by atoms with Gasteiger partial charge in [0.2, 0.25) is 5.91 Å². The molecule has 0 spiro atoms. The maximum Gasteiger partial charge on any atom is 0.239 e. The van der Waals surface area contributed by atoms with Crippen LogP contribution in [-0.4, -0.2) is 28.6 Å². The molecule has 0 fully saturated rings. The molecule has 0 radical (unpaired) electrons. The summed E-state index contributed by atoms with van der Waals surface area (Å²) in [5, 5.41) is 11.3. The van der Waals surface area contributed by atoms with Crippen LogP contribution in [0.25, 0.3) is 0 Å². The van der Waals surface area contributed by atoms with Crippen molar-refractivity contribution in [2.75, 3.05) is 12.3 Å². The number of pyridine rings is 1. The van der Waals surface area contributed by atoms with Gasteiger partial charge in [-0.3, -0.25) is 4.79 Å². The minimum absolute atomic E-state index is 0.325. The highest BCUT2D eigenvalue weighted by Crippen LogP contribution is 2.07. The van der Waals surface area contributed by atoms with E-state index in [0.29, 0.717) is 12.4 Å². The van der Waals surface area contributed by atoms with Crippen LogP contribution >= 0.6 is 0 Å². The number of rotatable bonds is 4. The van der Waals surface area contributed by atoms with Gasteiger partial charge in [-0.1, -0.05) is 6.07 Å². The number of aromatic nitrogens is 1. The Labute approximate surface area is 93.7 Å². The minimum atomic E-state index is -0.887. The fourth-order valence-electron chi connectivity index (χ4n) is 1.19. The number of aryl methyl sites for hydroxylation is 1. The molecule has 16 heavy (non-hydrogen) atoms. The molecule has 0 aromatic carbocycles. The lowest BCUT2D eigenvalue weighted by Crippen LogP contribution is -2.42. The van der Waals surface area contributed by atoms with Crippen molar-refractivity contribution in [2.45, 2.75) is 19.5 Å². The smallest absolute Gasteiger partial charge is 0.239 e. The molecule has 1 heterocycles. The number of hydrogen-bond acceptors (Lipinski definition) is 5. The number of aliphatic hydroxyl groups is 1. The average molecular weight is 224 g/mol. The molecule has 6 N–H and O–H groups in total. The standard InChI is InChI=1S/C10H16N4O2/c1-6-7(2-3-9(12)14-6)4-13-10(16)8(11)5-15/h2-3,8,15H,4-5,11H2,1H3,(H2,12,14)(H,13,16). The summed E-state index contributed by atoms with van der Waals surface area (Å²) in [5.74, 6) is 0.0540. The lowest BCUT2D eigenvalue weighted by molar-refractivity contribution is -0.123. The second-order valence-corrected chi connectivity index (χ2v) is 3.49. The first-order valence-corrected chi connectivity index (χ1v) is 4.90. The Morgan fingerprint density at radius 1 is 1.62 bits per heavy atom. The SMILES string of the molecule is Cc1nc(N)ccc1CNC(=O)C(N)CO. The van der Waals surface area contributed by atoms with Gasteiger partial charge in [0.1, 0.15) is 11.9 Å². The number of nitrogens with one attached hydrogen (secondary N) is 1. The third kappa shape index (κ3) is 3.18. The van der Waals surface area contributed by atoms with Crippen molar-refractivity contribution in [1.29, 1.82) is 0 Å². The van der Waals surface area contributed by atoms with Crippen LogP contribution in [0.2, 0.25) is 0 Å². The van der Waals surface area contributed by atoms with Gasteiger partial charge in [-0.2, -0.15) is 0 Å². The second-order valence-electron chi connectivity index (χ2n) is 3.49. The molecule has 0 aliphatic rings. The maximum atomic E-state index is 11.3. The molecule has 0 aliphatic carbocycles. The van der Waals surface area contributed by atoms with E-state index in [1.165, 1.54) is 0 Å². The minimum Gasteiger partial charge on any atom is -0.394 e. The predicted octanol–water partition coefficient (Wildman–Crippen LogP) is -1.09. The number of aliphatic hydroxyl groups excluding tert-OH is 1. The van der Waals surface area contributed by atoms with E-state index in [1.807, 2.05) is 6.92 Å². The van der Waals surface area contributed by atoms with E-state index in [2.05, 4.69) is 10.3 Å². The molecule has 1 aromatic rings. The number of hydrogen-bond donors (Lipinski definition) is 4. The number of anilines is 1. The van der Waals surface area contributed by atoms with E-state index in [1.54, 1.807) is 12.1 Å². The Morgan fingerprint density at radius 3 is 2.88 bits per heavy atom. The molecule has 1 aromatic heterocycles. The quantitative estimate of drug-likeness (QED) is 0.518. The van der Waals surface area contributed by atoms with Gasteiger partial charge in [0.15, 0.2) is 0 Å². The Hall–Kier alpha value is -1.66. The summed E-state index contributed by atoms with van der Waals surface area (Å²) < 4.78 is 0. The summed E-state index contributed by atoms with van der Waals surface area (Å²) in [6.45, 7) is 1.76. The molecule has 1 unspecified atom stereocenters. The lowest BCUT2D eigenvalue weighted by atomic mass is 10.2. The van der Waals surface area contributed by atoms with Crippen molar-refractivity contribution in [3.8, 4) is 0 Å². The molecular weight excluding hydrogens is 208 g/mol. The summed E-state index contributed by atoms with van der Waals surface area (Å²) in [6.07, 6.45) is 0. The highest BCUT2D eigenvalue weighted by atomic mass is 16.3. The second kappa shape index (κ2) is 5.43. The number of carbonyl (C=O) groups excluding carboxylic acids is 1. The molecule has 0 aliphatic heterocycles. The van der Waals surface area contributed by atoms with Crippen molar-refractivity contribution >= 4 is 11.7 Å². The molecule has 88 valence electrons. The van der Waals surface area contributed by atoms with Crippen molar-refractivity contribution in [3.05, 3.63) is 23.4 Å². The summed E-state index contributed by atoms with van der Waals surface area (Å²) in [7, 11) is 0. The third-order valence-corrected chi connectivity index (χ3v) is 2.20. The molecule has 0 bridgehead atoms. The van der Waals surface area contributed by atoms with Gasteiger partial charge in [0, 0.05) is 12.2 Å². The van der Waals surface area contributed by atoms with E-state index in [9.17, 15) is 4.79 Å². The molecule has 0 saturated carbocycles. The van der Waals surface area contributed by atoms with Gasteiger partial charge < -0.3 is 21.9 Å². The van der Waals surface area contributed by atoms with E-state index in [4.69, 9.17) is 16.6 Å². The van der Waals surface area contributed by atoms with Crippen LogP contribution in [0.5, 0.6) is 0 Å². The molecule has 6 heteroatoms. The summed E-state index contributed by atoms with van der Waals surface area (Å²) in [5.41, 5.74) is 12.5. The fourth-order valence-corrected chi connectivity index (χ4v) is 1.19. The molecule has 1 rings (SSSR count). The molecule has 6 nitrogen and oxygen atoms in total. The zero-order chi connectivity index (χ0) is 12.1. The normalized spacial score (nSPS) is 12.2. The van der Waals surface area contributed by atoms with E-state index < -0.39 is 11.9 Å². The largest absolute Gasteiger partial charge is 0.394 e. The monoisotopic (exact) mass is 224 g/mol. The number of carbonyl (C=O) groups is 1. The van der Waals surface area contributed by atoms with Gasteiger partial charge in [0.25, 0.3) is 0 Å². The first-order chi connectivity index (χ1) is 7.54. The molecule has 1 amide bonds. The van der Waals surface area contributed by atoms with Gasteiger partial charge in [-0.15, -0.1) is 0 Å². The van der Waals surface area contributed by atoms with Crippen LogP contribution in [0, 0.1) is 6.92 Å². The van der Waals surface area contributed by atoms with E-state index >= 15 is 0 Å². The van der Waals surface area contributed by atoms with Crippen molar-refractivity contribution in [2.24, 2.45) is 5.73 Å². The van der Waals surface area contributed by atoms with Crippen LogP contribution in [0.1, 0.15) is 11.3 Å². The number of nitrogen functional groups attached to an aromatic ring is 1. The van der Waals surface area contributed by atoms with Crippen molar-refractivity contribution in [1.82, 2.24) is 10.3 Å². The zero-order valence-electron chi connectivity index (χ0n) is 9.10. The highest BCUT2D eigenvalue weighted by Gasteiger charge is 2.11. The van der Waals surface area contributed by atoms with E-state index in [0.717, 1.165) is 11.3 Å². The van der Waals surface area contributed by atoms with Gasteiger partial charge >= 0.3 is 0 Å². The van der Waals surface area contributed by atoms with Crippen LogP contribution in [0.3, 0.4) is 0 Å². The molecule has 0 saturated heterocycles. The highest BCUT2D eigenvalue weighted by molar-refractivity contribution is 5.81. The van der Waals surface area contributed by atoms with Gasteiger partial charge in [0.05, 0.1) is 6.61 Å². The summed E-state index contributed by atoms with van der Waals surface area (Å²) in [6, 6.07) is 2.57.